The van der Waals surface area contributed by atoms with Crippen molar-refractivity contribution in [3.63, 3.8) is 0 Å². The Labute approximate surface area is 145 Å². The summed E-state index contributed by atoms with van der Waals surface area (Å²) in [6.45, 7) is 2.11. The molecular weight excluding hydrogens is 318 g/mol. The molecule has 0 bridgehead atoms. The molecule has 1 N–H and O–H groups in total. The van der Waals surface area contributed by atoms with E-state index in [9.17, 15) is 4.79 Å². The second-order valence-corrected chi connectivity index (χ2v) is 6.34. The summed E-state index contributed by atoms with van der Waals surface area (Å²) in [6, 6.07) is 11.8. The van der Waals surface area contributed by atoms with Gasteiger partial charge in [0.2, 0.25) is 5.91 Å². The molecule has 3 rings (SSSR count). The Kier molecular flexibility index (Phi) is 5.33. The maximum atomic E-state index is 12.1. The number of amides is 1. The predicted molar refractivity (Wildman–Crippen MR) is 98.1 cm³/mol. The molecule has 122 valence electrons. The summed E-state index contributed by atoms with van der Waals surface area (Å²) in [5, 5.41) is 5.90. The van der Waals surface area contributed by atoms with E-state index in [2.05, 4.69) is 22.2 Å². The highest BCUT2D eigenvalue weighted by Gasteiger charge is 2.08. The smallest absolute Gasteiger partial charge is 0.224 e. The average Bonchev–Trinajstić information content (AvgIpc) is 3.10. The third kappa shape index (κ3) is 4.26. The van der Waals surface area contributed by atoms with Crippen molar-refractivity contribution in [3.05, 3.63) is 65.4 Å². The van der Waals surface area contributed by atoms with Gasteiger partial charge in [-0.15, -0.1) is 11.3 Å². The molecule has 24 heavy (non-hydrogen) atoms. The zero-order valence-corrected chi connectivity index (χ0v) is 14.3. The van der Waals surface area contributed by atoms with Crippen molar-refractivity contribution in [1.29, 1.82) is 0 Å². The lowest BCUT2D eigenvalue weighted by Gasteiger charge is -2.05. The van der Waals surface area contributed by atoms with Gasteiger partial charge in [0.05, 0.1) is 5.69 Å². The number of carbonyl (C=O) groups is 1. The summed E-state index contributed by atoms with van der Waals surface area (Å²) in [7, 11) is 0. The Bertz CT molecular complexity index is 797. The molecule has 1 amide bonds. The molecule has 0 unspecified atom stereocenters. The zero-order valence-electron chi connectivity index (χ0n) is 13.5. The van der Waals surface area contributed by atoms with E-state index < -0.39 is 0 Å². The molecule has 0 aliphatic carbocycles. The lowest BCUT2D eigenvalue weighted by atomic mass is 10.1. The minimum Gasteiger partial charge on any atom is -0.326 e. The van der Waals surface area contributed by atoms with E-state index in [1.165, 1.54) is 5.56 Å². The molecule has 0 atom stereocenters. The van der Waals surface area contributed by atoms with Crippen LogP contribution in [0.2, 0.25) is 0 Å². The van der Waals surface area contributed by atoms with Gasteiger partial charge in [-0.3, -0.25) is 9.78 Å². The fourth-order valence-corrected chi connectivity index (χ4v) is 3.20. The van der Waals surface area contributed by atoms with Gasteiger partial charge in [-0.05, 0) is 42.7 Å². The van der Waals surface area contributed by atoms with Crippen LogP contribution >= 0.6 is 11.3 Å². The second kappa shape index (κ2) is 7.84. The second-order valence-electron chi connectivity index (χ2n) is 5.48. The fourth-order valence-electron chi connectivity index (χ4n) is 2.34. The Balaban J connectivity index is 1.53. The van der Waals surface area contributed by atoms with Gasteiger partial charge in [0.25, 0.3) is 0 Å². The molecule has 0 spiro atoms. The van der Waals surface area contributed by atoms with Crippen molar-refractivity contribution >= 4 is 22.9 Å². The van der Waals surface area contributed by atoms with Crippen molar-refractivity contribution in [1.82, 2.24) is 9.97 Å². The first-order chi connectivity index (χ1) is 11.7. The van der Waals surface area contributed by atoms with Crippen molar-refractivity contribution in [3.8, 4) is 10.6 Å². The summed E-state index contributed by atoms with van der Waals surface area (Å²) < 4.78 is 0. The number of aromatic nitrogens is 2. The number of pyridine rings is 1. The van der Waals surface area contributed by atoms with Crippen molar-refractivity contribution in [2.24, 2.45) is 0 Å². The summed E-state index contributed by atoms with van der Waals surface area (Å²) in [5.74, 6) is 0.0118. The highest BCUT2D eigenvalue weighted by Crippen LogP contribution is 2.23. The third-order valence-electron chi connectivity index (χ3n) is 3.73. The van der Waals surface area contributed by atoms with Crippen molar-refractivity contribution < 1.29 is 4.79 Å². The first-order valence-electron chi connectivity index (χ1n) is 7.98. The van der Waals surface area contributed by atoms with Crippen molar-refractivity contribution in [2.45, 2.75) is 26.2 Å². The van der Waals surface area contributed by atoms with Crippen LogP contribution in [-0.4, -0.2) is 15.9 Å². The summed E-state index contributed by atoms with van der Waals surface area (Å²) in [4.78, 5) is 20.7. The van der Waals surface area contributed by atoms with E-state index in [1.54, 1.807) is 23.7 Å². The van der Waals surface area contributed by atoms with Crippen LogP contribution in [0, 0.1) is 0 Å². The number of benzene rings is 1. The highest BCUT2D eigenvalue weighted by atomic mass is 32.1. The monoisotopic (exact) mass is 337 g/mol. The van der Waals surface area contributed by atoms with E-state index in [0.717, 1.165) is 28.4 Å². The standard InChI is InChI=1S/C19H19N3OS/c1-2-14-3-5-16(6-4-14)21-18(23)8-7-17-13-24-19(22-17)15-9-11-20-12-10-15/h3-6,9-13H,2,7-8H2,1H3,(H,21,23). The van der Waals surface area contributed by atoms with Gasteiger partial charge in [-0.2, -0.15) is 0 Å². The van der Waals surface area contributed by atoms with E-state index in [-0.39, 0.29) is 5.91 Å². The molecule has 0 saturated carbocycles. The molecule has 2 aromatic heterocycles. The first kappa shape index (κ1) is 16.3. The molecular formula is C19H19N3OS. The fraction of sp³-hybridized carbons (Fsp3) is 0.211. The SMILES string of the molecule is CCc1ccc(NC(=O)CCc2csc(-c3ccncc3)n2)cc1. The minimum absolute atomic E-state index is 0.0118. The topological polar surface area (TPSA) is 54.9 Å². The van der Waals surface area contributed by atoms with Crippen LogP contribution in [0.3, 0.4) is 0 Å². The number of hydrogen-bond donors (Lipinski definition) is 1. The maximum absolute atomic E-state index is 12.1. The molecule has 0 aliphatic rings. The molecule has 1 aromatic carbocycles. The van der Waals surface area contributed by atoms with Crippen LogP contribution in [0.5, 0.6) is 0 Å². The normalized spacial score (nSPS) is 10.5. The molecule has 0 fully saturated rings. The van der Waals surface area contributed by atoms with Crippen LogP contribution in [0.25, 0.3) is 10.6 Å². The molecule has 0 saturated heterocycles. The number of rotatable bonds is 6. The van der Waals surface area contributed by atoms with E-state index >= 15 is 0 Å². The van der Waals surface area contributed by atoms with E-state index in [1.807, 2.05) is 41.8 Å². The number of hydrogen-bond acceptors (Lipinski definition) is 4. The zero-order chi connectivity index (χ0) is 16.8. The highest BCUT2D eigenvalue weighted by molar-refractivity contribution is 7.13. The number of carbonyl (C=O) groups excluding carboxylic acids is 1. The maximum Gasteiger partial charge on any atom is 0.224 e. The lowest BCUT2D eigenvalue weighted by molar-refractivity contribution is -0.116. The number of anilines is 1. The van der Waals surface area contributed by atoms with Crippen LogP contribution in [0.1, 0.15) is 24.6 Å². The van der Waals surface area contributed by atoms with Gasteiger partial charge in [-0.1, -0.05) is 19.1 Å². The van der Waals surface area contributed by atoms with Gasteiger partial charge in [0.15, 0.2) is 0 Å². The summed E-state index contributed by atoms with van der Waals surface area (Å²) in [6.07, 6.45) is 5.58. The van der Waals surface area contributed by atoms with Crippen LogP contribution in [0.4, 0.5) is 5.69 Å². The molecule has 2 heterocycles. The van der Waals surface area contributed by atoms with Crippen LogP contribution in [0.15, 0.2) is 54.2 Å². The Morgan fingerprint density at radius 3 is 2.58 bits per heavy atom. The molecule has 5 heteroatoms. The molecule has 0 radical (unpaired) electrons. The average molecular weight is 337 g/mol. The number of thiazole rings is 1. The Morgan fingerprint density at radius 1 is 1.12 bits per heavy atom. The number of nitrogens with zero attached hydrogens (tertiary/aromatic N) is 2. The minimum atomic E-state index is 0.0118. The largest absolute Gasteiger partial charge is 0.326 e. The Morgan fingerprint density at radius 2 is 1.88 bits per heavy atom. The van der Waals surface area contributed by atoms with Crippen LogP contribution in [-0.2, 0) is 17.6 Å². The molecule has 4 nitrogen and oxygen atoms in total. The van der Waals surface area contributed by atoms with Gasteiger partial charge in [-0.25, -0.2) is 4.98 Å². The summed E-state index contributed by atoms with van der Waals surface area (Å²) >= 11 is 1.59. The lowest BCUT2D eigenvalue weighted by Crippen LogP contribution is -2.12. The van der Waals surface area contributed by atoms with E-state index in [4.69, 9.17) is 0 Å². The van der Waals surface area contributed by atoms with E-state index in [0.29, 0.717) is 12.8 Å². The molecule has 3 aromatic rings. The predicted octanol–water partition coefficient (Wildman–Crippen LogP) is 4.34. The summed E-state index contributed by atoms with van der Waals surface area (Å²) in [5.41, 5.74) is 4.11. The van der Waals surface area contributed by atoms with Gasteiger partial charge in [0, 0.05) is 35.4 Å². The Hall–Kier alpha value is -2.53. The van der Waals surface area contributed by atoms with Crippen LogP contribution < -0.4 is 5.32 Å². The van der Waals surface area contributed by atoms with Gasteiger partial charge < -0.3 is 5.32 Å². The first-order valence-corrected chi connectivity index (χ1v) is 8.86. The van der Waals surface area contributed by atoms with Gasteiger partial charge >= 0.3 is 0 Å². The van der Waals surface area contributed by atoms with Gasteiger partial charge in [0.1, 0.15) is 5.01 Å². The number of aryl methyl sites for hydroxylation is 2. The van der Waals surface area contributed by atoms with Crippen molar-refractivity contribution in [2.75, 3.05) is 5.32 Å². The molecule has 0 aliphatic heterocycles. The number of nitrogens with one attached hydrogen (secondary N) is 1. The third-order valence-corrected chi connectivity index (χ3v) is 4.67. The quantitative estimate of drug-likeness (QED) is 0.728.